The van der Waals surface area contributed by atoms with E-state index in [9.17, 15) is 18.0 Å². The van der Waals surface area contributed by atoms with Crippen molar-refractivity contribution in [2.24, 2.45) is 0 Å². The lowest BCUT2D eigenvalue weighted by Gasteiger charge is -2.30. The summed E-state index contributed by atoms with van der Waals surface area (Å²) in [6, 6.07) is 11.8. The minimum atomic E-state index is -3.80. The van der Waals surface area contributed by atoms with Crippen LogP contribution < -0.4 is 14.4 Å². The second kappa shape index (κ2) is 9.42. The Morgan fingerprint density at radius 1 is 1.10 bits per heavy atom. The minimum Gasteiger partial charge on any atom is -0.497 e. The summed E-state index contributed by atoms with van der Waals surface area (Å²) >= 11 is 0. The molecular formula is C20H24N2O6S. The second-order valence-corrected chi connectivity index (χ2v) is 8.07. The lowest BCUT2D eigenvalue weighted by atomic mass is 10.1. The molecule has 0 aromatic heterocycles. The number of para-hydroxylation sites is 1. The molecule has 29 heavy (non-hydrogen) atoms. The number of benzene rings is 2. The number of nitrogens with one attached hydrogen (secondary N) is 1. The molecule has 9 heteroatoms. The fraction of sp³-hybridized carbons (Fsp3) is 0.300. The molecule has 0 saturated heterocycles. The van der Waals surface area contributed by atoms with Crippen LogP contribution in [0.25, 0.3) is 0 Å². The number of methoxy groups -OCH3 is 2. The van der Waals surface area contributed by atoms with E-state index in [1.54, 1.807) is 49.4 Å². The molecule has 0 saturated carbocycles. The van der Waals surface area contributed by atoms with Crippen molar-refractivity contribution >= 4 is 33.3 Å². The highest BCUT2D eigenvalue weighted by Crippen LogP contribution is 2.27. The maximum atomic E-state index is 13.0. The first-order chi connectivity index (χ1) is 13.7. The Bertz CT molecular complexity index is 990. The molecule has 8 nitrogen and oxygen atoms in total. The van der Waals surface area contributed by atoms with Crippen molar-refractivity contribution < 1.29 is 27.5 Å². The number of rotatable bonds is 8. The lowest BCUT2D eigenvalue weighted by molar-refractivity contribution is -0.117. The third-order valence-electron chi connectivity index (χ3n) is 4.23. The average molecular weight is 420 g/mol. The maximum absolute atomic E-state index is 13.0. The molecule has 156 valence electrons. The molecule has 1 atom stereocenters. The molecule has 1 N–H and O–H groups in total. The van der Waals surface area contributed by atoms with Gasteiger partial charge in [-0.05, 0) is 30.7 Å². The molecule has 1 unspecified atom stereocenters. The summed E-state index contributed by atoms with van der Waals surface area (Å²) in [6.07, 6.45) is 1.24. The molecule has 1 amide bonds. The van der Waals surface area contributed by atoms with Crippen LogP contribution in [0.2, 0.25) is 0 Å². The van der Waals surface area contributed by atoms with Crippen molar-refractivity contribution in [3.8, 4) is 5.75 Å². The SMILES string of the molecule is CCC(C(=O)Nc1ccccc1C(=O)OC)N(c1cccc(OC)c1)S(C)(=O)=O. The van der Waals surface area contributed by atoms with Crippen molar-refractivity contribution in [3.63, 3.8) is 0 Å². The van der Waals surface area contributed by atoms with Gasteiger partial charge in [0.1, 0.15) is 11.8 Å². The smallest absolute Gasteiger partial charge is 0.339 e. The highest BCUT2D eigenvalue weighted by Gasteiger charge is 2.32. The van der Waals surface area contributed by atoms with E-state index in [2.05, 4.69) is 5.32 Å². The highest BCUT2D eigenvalue weighted by molar-refractivity contribution is 7.92. The number of hydrogen-bond acceptors (Lipinski definition) is 6. The molecule has 2 aromatic rings. The minimum absolute atomic E-state index is 0.172. The Morgan fingerprint density at radius 2 is 1.79 bits per heavy atom. The Kier molecular flexibility index (Phi) is 7.22. The molecule has 0 aliphatic carbocycles. The fourth-order valence-corrected chi connectivity index (χ4v) is 4.11. The summed E-state index contributed by atoms with van der Waals surface area (Å²) in [6.45, 7) is 1.70. The molecule has 0 aliphatic heterocycles. The predicted octanol–water partition coefficient (Wildman–Crippen LogP) is 2.67. The van der Waals surface area contributed by atoms with Crippen molar-refractivity contribution in [2.45, 2.75) is 19.4 Å². The van der Waals surface area contributed by atoms with E-state index >= 15 is 0 Å². The van der Waals surface area contributed by atoms with E-state index < -0.39 is 27.9 Å². The van der Waals surface area contributed by atoms with E-state index in [0.29, 0.717) is 11.4 Å². The van der Waals surface area contributed by atoms with Crippen LogP contribution in [0.15, 0.2) is 48.5 Å². The van der Waals surface area contributed by atoms with Gasteiger partial charge in [-0.3, -0.25) is 9.10 Å². The Morgan fingerprint density at radius 3 is 2.38 bits per heavy atom. The number of nitrogens with zero attached hydrogens (tertiary/aromatic N) is 1. The molecule has 0 radical (unpaired) electrons. The van der Waals surface area contributed by atoms with Crippen LogP contribution in [0.3, 0.4) is 0 Å². The zero-order valence-corrected chi connectivity index (χ0v) is 17.5. The number of sulfonamides is 1. The molecule has 2 aromatic carbocycles. The largest absolute Gasteiger partial charge is 0.497 e. The first kappa shape index (κ1) is 22.2. The Balaban J connectivity index is 2.43. The van der Waals surface area contributed by atoms with Gasteiger partial charge >= 0.3 is 5.97 Å². The van der Waals surface area contributed by atoms with Crippen LogP contribution in [-0.2, 0) is 19.6 Å². The van der Waals surface area contributed by atoms with Crippen molar-refractivity contribution in [3.05, 3.63) is 54.1 Å². The number of ether oxygens (including phenoxy) is 2. The average Bonchev–Trinajstić information content (AvgIpc) is 2.70. The third kappa shape index (κ3) is 5.26. The van der Waals surface area contributed by atoms with E-state index in [0.717, 1.165) is 10.6 Å². The standard InChI is InChI=1S/C20H24N2O6S/c1-5-18(19(23)21-17-12-7-6-11-16(17)20(24)28-3)22(29(4,25)26)14-9-8-10-15(13-14)27-2/h6-13,18H,5H2,1-4H3,(H,21,23). The van der Waals surface area contributed by atoms with Gasteiger partial charge in [-0.25, -0.2) is 13.2 Å². The van der Waals surface area contributed by atoms with Gasteiger partial charge in [-0.15, -0.1) is 0 Å². The van der Waals surface area contributed by atoms with Gasteiger partial charge in [0.25, 0.3) is 0 Å². The molecular weight excluding hydrogens is 396 g/mol. The molecule has 0 fully saturated rings. The van der Waals surface area contributed by atoms with Gasteiger partial charge in [-0.1, -0.05) is 25.1 Å². The van der Waals surface area contributed by atoms with Gasteiger partial charge in [-0.2, -0.15) is 0 Å². The third-order valence-corrected chi connectivity index (χ3v) is 5.41. The normalized spacial score (nSPS) is 12.0. The maximum Gasteiger partial charge on any atom is 0.339 e. The van der Waals surface area contributed by atoms with Crippen LogP contribution >= 0.6 is 0 Å². The van der Waals surface area contributed by atoms with Crippen molar-refractivity contribution in [1.82, 2.24) is 0 Å². The predicted molar refractivity (Wildman–Crippen MR) is 111 cm³/mol. The van der Waals surface area contributed by atoms with Gasteiger partial charge in [0.2, 0.25) is 15.9 Å². The number of amides is 1. The Hall–Kier alpha value is -3.07. The fourth-order valence-electron chi connectivity index (χ4n) is 2.90. The molecule has 0 aliphatic rings. The summed E-state index contributed by atoms with van der Waals surface area (Å²) in [5.41, 5.74) is 0.711. The van der Waals surface area contributed by atoms with Crippen molar-refractivity contribution in [1.29, 1.82) is 0 Å². The topological polar surface area (TPSA) is 102 Å². The number of anilines is 2. The molecule has 0 bridgehead atoms. The van der Waals surface area contributed by atoms with Gasteiger partial charge in [0.15, 0.2) is 0 Å². The van der Waals surface area contributed by atoms with E-state index in [1.165, 1.54) is 20.3 Å². The summed E-state index contributed by atoms with van der Waals surface area (Å²) in [5.74, 6) is -0.721. The van der Waals surface area contributed by atoms with Crippen molar-refractivity contribution in [2.75, 3.05) is 30.1 Å². The van der Waals surface area contributed by atoms with E-state index in [-0.39, 0.29) is 17.7 Å². The molecule has 2 rings (SSSR count). The quantitative estimate of drug-likeness (QED) is 0.659. The van der Waals surface area contributed by atoms with E-state index in [4.69, 9.17) is 9.47 Å². The van der Waals surface area contributed by atoms with E-state index in [1.807, 2.05) is 0 Å². The number of esters is 1. The first-order valence-electron chi connectivity index (χ1n) is 8.84. The van der Waals surface area contributed by atoms with Crippen LogP contribution in [0.4, 0.5) is 11.4 Å². The summed E-state index contributed by atoms with van der Waals surface area (Å²) in [5, 5.41) is 2.65. The van der Waals surface area contributed by atoms with Crippen LogP contribution in [0.1, 0.15) is 23.7 Å². The second-order valence-electron chi connectivity index (χ2n) is 6.21. The number of carbonyl (C=O) groups is 2. The van der Waals surface area contributed by atoms with Gasteiger partial charge in [0, 0.05) is 6.07 Å². The van der Waals surface area contributed by atoms with Crippen LogP contribution in [0.5, 0.6) is 5.75 Å². The van der Waals surface area contributed by atoms with Gasteiger partial charge in [0.05, 0.1) is 37.4 Å². The first-order valence-corrected chi connectivity index (χ1v) is 10.7. The number of carbonyl (C=O) groups excluding carboxylic acids is 2. The zero-order valence-electron chi connectivity index (χ0n) is 16.7. The van der Waals surface area contributed by atoms with Crippen LogP contribution in [0, 0.1) is 0 Å². The lowest BCUT2D eigenvalue weighted by Crippen LogP contribution is -2.47. The summed E-state index contributed by atoms with van der Waals surface area (Å²) in [4.78, 5) is 25.0. The Labute approximate surface area is 170 Å². The van der Waals surface area contributed by atoms with Gasteiger partial charge < -0.3 is 14.8 Å². The molecule has 0 heterocycles. The molecule has 0 spiro atoms. The summed E-state index contributed by atoms with van der Waals surface area (Å²) < 4.78 is 36.0. The zero-order chi connectivity index (χ0) is 21.6. The summed E-state index contributed by atoms with van der Waals surface area (Å²) in [7, 11) is -1.09. The monoisotopic (exact) mass is 420 g/mol. The van der Waals surface area contributed by atoms with Crippen LogP contribution in [-0.4, -0.2) is 46.8 Å². The number of hydrogen-bond donors (Lipinski definition) is 1. The highest BCUT2D eigenvalue weighted by atomic mass is 32.2.